The normalized spacial score (nSPS) is 18.5. The summed E-state index contributed by atoms with van der Waals surface area (Å²) in [6.45, 7) is 5.55. The maximum atomic E-state index is 11.9. The minimum absolute atomic E-state index is 0.158. The number of hydrogen-bond donors (Lipinski definition) is 1. The number of carboxylic acid groups (broad SMARTS) is 1. The van der Waals surface area contributed by atoms with Crippen LogP contribution in [0, 0.1) is 5.92 Å². The van der Waals surface area contributed by atoms with Gasteiger partial charge in [-0.1, -0.05) is 18.2 Å². The Labute approximate surface area is 123 Å². The summed E-state index contributed by atoms with van der Waals surface area (Å²) in [4.78, 5) is 23.4. The Morgan fingerprint density at radius 1 is 1.38 bits per heavy atom. The maximum Gasteiger partial charge on any atom is 0.307 e. The van der Waals surface area contributed by atoms with Crippen LogP contribution in [-0.2, 0) is 14.3 Å². The summed E-state index contributed by atoms with van der Waals surface area (Å²) in [6, 6.07) is 7.33. The molecule has 1 aliphatic heterocycles. The second-order valence-corrected chi connectivity index (χ2v) is 6.19. The molecule has 0 bridgehead atoms. The Kier molecular flexibility index (Phi) is 4.21. The van der Waals surface area contributed by atoms with Gasteiger partial charge in [0.2, 0.25) is 0 Å². The molecule has 0 saturated carbocycles. The lowest BCUT2D eigenvalue weighted by molar-refractivity contribution is -0.160. The average Bonchev–Trinajstić information content (AvgIpc) is 2.77. The fraction of sp³-hybridized carbons (Fsp3) is 0.500. The van der Waals surface area contributed by atoms with E-state index in [4.69, 9.17) is 9.47 Å². The quantitative estimate of drug-likeness (QED) is 0.863. The fourth-order valence-corrected chi connectivity index (χ4v) is 2.48. The SMILES string of the molecule is CC(C)(C)OC(=O)C[C@H](C(=O)O)[C@H]1COc2ccccc21. The van der Waals surface area contributed by atoms with E-state index in [0.717, 1.165) is 5.56 Å². The third-order valence-electron chi connectivity index (χ3n) is 3.35. The number of ether oxygens (including phenoxy) is 2. The van der Waals surface area contributed by atoms with Gasteiger partial charge in [0.1, 0.15) is 11.4 Å². The van der Waals surface area contributed by atoms with Crippen molar-refractivity contribution in [2.24, 2.45) is 5.92 Å². The minimum Gasteiger partial charge on any atom is -0.493 e. The number of esters is 1. The van der Waals surface area contributed by atoms with Crippen LogP contribution in [0.15, 0.2) is 24.3 Å². The zero-order valence-corrected chi connectivity index (χ0v) is 12.5. The molecule has 21 heavy (non-hydrogen) atoms. The summed E-state index contributed by atoms with van der Waals surface area (Å²) in [5, 5.41) is 9.44. The molecule has 1 aliphatic rings. The Balaban J connectivity index is 2.14. The van der Waals surface area contributed by atoms with Crippen molar-refractivity contribution in [2.75, 3.05) is 6.61 Å². The van der Waals surface area contributed by atoms with E-state index in [-0.39, 0.29) is 18.9 Å². The molecule has 5 heteroatoms. The maximum absolute atomic E-state index is 11.9. The Bertz CT molecular complexity index is 544. The lowest BCUT2D eigenvalue weighted by atomic mass is 9.85. The molecule has 0 spiro atoms. The van der Waals surface area contributed by atoms with Crippen LogP contribution in [0.3, 0.4) is 0 Å². The molecule has 1 aromatic carbocycles. The van der Waals surface area contributed by atoms with E-state index in [1.54, 1.807) is 20.8 Å². The van der Waals surface area contributed by atoms with Gasteiger partial charge in [0.05, 0.1) is 18.9 Å². The molecule has 0 fully saturated rings. The highest BCUT2D eigenvalue weighted by molar-refractivity contribution is 5.80. The number of hydrogen-bond acceptors (Lipinski definition) is 4. The van der Waals surface area contributed by atoms with Gasteiger partial charge in [0, 0.05) is 11.5 Å². The van der Waals surface area contributed by atoms with Crippen molar-refractivity contribution < 1.29 is 24.2 Å². The summed E-state index contributed by atoms with van der Waals surface area (Å²) < 4.78 is 10.7. The van der Waals surface area contributed by atoms with Gasteiger partial charge in [-0.05, 0) is 26.8 Å². The van der Waals surface area contributed by atoms with E-state index >= 15 is 0 Å². The van der Waals surface area contributed by atoms with Gasteiger partial charge >= 0.3 is 11.9 Å². The Morgan fingerprint density at radius 3 is 2.67 bits per heavy atom. The third-order valence-corrected chi connectivity index (χ3v) is 3.35. The largest absolute Gasteiger partial charge is 0.493 e. The lowest BCUT2D eigenvalue weighted by Gasteiger charge is -2.23. The Morgan fingerprint density at radius 2 is 2.05 bits per heavy atom. The molecule has 0 unspecified atom stereocenters. The zero-order valence-electron chi connectivity index (χ0n) is 12.5. The van der Waals surface area contributed by atoms with Gasteiger partial charge in [0.15, 0.2) is 0 Å². The molecule has 0 amide bonds. The zero-order chi connectivity index (χ0) is 15.6. The van der Waals surface area contributed by atoms with E-state index in [1.807, 2.05) is 24.3 Å². The van der Waals surface area contributed by atoms with Gasteiger partial charge in [-0.3, -0.25) is 9.59 Å². The molecule has 1 heterocycles. The van der Waals surface area contributed by atoms with Crippen LogP contribution < -0.4 is 4.74 Å². The minimum atomic E-state index is -1.01. The number of benzene rings is 1. The van der Waals surface area contributed by atoms with Crippen LogP contribution in [0.2, 0.25) is 0 Å². The van der Waals surface area contributed by atoms with Crippen LogP contribution in [0.4, 0.5) is 0 Å². The van der Waals surface area contributed by atoms with Gasteiger partial charge in [-0.15, -0.1) is 0 Å². The number of para-hydroxylation sites is 1. The first-order valence-corrected chi connectivity index (χ1v) is 6.94. The summed E-state index contributed by atoms with van der Waals surface area (Å²) in [7, 11) is 0. The topological polar surface area (TPSA) is 72.8 Å². The van der Waals surface area contributed by atoms with Crippen molar-refractivity contribution in [3.63, 3.8) is 0 Å². The Hall–Kier alpha value is -2.04. The predicted octanol–water partition coefficient (Wildman–Crippen LogP) is 2.60. The highest BCUT2D eigenvalue weighted by Crippen LogP contribution is 2.39. The molecular formula is C16H20O5. The molecule has 1 N–H and O–H groups in total. The standard InChI is InChI=1S/C16H20O5/c1-16(2,3)21-14(17)8-11(15(18)19)12-9-20-13-7-5-4-6-10(12)13/h4-7,11-12H,8-9H2,1-3H3,(H,18,19)/t11-,12-/m0/s1. The number of aliphatic carboxylic acids is 1. The molecule has 0 saturated heterocycles. The van der Waals surface area contributed by atoms with E-state index < -0.39 is 23.5 Å². The molecule has 5 nitrogen and oxygen atoms in total. The summed E-state index contributed by atoms with van der Waals surface area (Å²) in [5.74, 6) is -1.99. The van der Waals surface area contributed by atoms with Gasteiger partial charge < -0.3 is 14.6 Å². The van der Waals surface area contributed by atoms with Crippen LogP contribution in [0.5, 0.6) is 5.75 Å². The number of rotatable bonds is 4. The van der Waals surface area contributed by atoms with Crippen molar-refractivity contribution in [1.82, 2.24) is 0 Å². The highest BCUT2D eigenvalue weighted by atomic mass is 16.6. The average molecular weight is 292 g/mol. The third kappa shape index (κ3) is 3.74. The second kappa shape index (κ2) is 5.76. The van der Waals surface area contributed by atoms with Crippen molar-refractivity contribution in [3.05, 3.63) is 29.8 Å². The molecular weight excluding hydrogens is 272 g/mol. The van der Waals surface area contributed by atoms with E-state index in [1.165, 1.54) is 0 Å². The monoisotopic (exact) mass is 292 g/mol. The second-order valence-electron chi connectivity index (χ2n) is 6.19. The molecule has 2 atom stereocenters. The first-order chi connectivity index (χ1) is 9.78. The lowest BCUT2D eigenvalue weighted by Crippen LogP contribution is -2.30. The number of carboxylic acids is 1. The molecule has 114 valence electrons. The number of carbonyl (C=O) groups excluding carboxylic acids is 1. The number of carbonyl (C=O) groups is 2. The van der Waals surface area contributed by atoms with Crippen LogP contribution in [0.25, 0.3) is 0 Å². The van der Waals surface area contributed by atoms with Crippen LogP contribution >= 0.6 is 0 Å². The van der Waals surface area contributed by atoms with Crippen molar-refractivity contribution in [3.8, 4) is 5.75 Å². The van der Waals surface area contributed by atoms with Crippen molar-refractivity contribution >= 4 is 11.9 Å². The molecule has 2 rings (SSSR count). The van der Waals surface area contributed by atoms with E-state index in [0.29, 0.717) is 5.75 Å². The van der Waals surface area contributed by atoms with Crippen molar-refractivity contribution in [2.45, 2.75) is 38.7 Å². The molecule has 0 aromatic heterocycles. The fourth-order valence-electron chi connectivity index (χ4n) is 2.48. The first-order valence-electron chi connectivity index (χ1n) is 6.94. The van der Waals surface area contributed by atoms with Gasteiger partial charge in [0.25, 0.3) is 0 Å². The predicted molar refractivity (Wildman–Crippen MR) is 76.3 cm³/mol. The van der Waals surface area contributed by atoms with Crippen molar-refractivity contribution in [1.29, 1.82) is 0 Å². The van der Waals surface area contributed by atoms with Crippen LogP contribution in [0.1, 0.15) is 38.7 Å². The number of fused-ring (bicyclic) bond motifs is 1. The first kappa shape index (κ1) is 15.4. The molecule has 0 aliphatic carbocycles. The highest BCUT2D eigenvalue weighted by Gasteiger charge is 2.37. The summed E-state index contributed by atoms with van der Waals surface area (Å²) in [6.07, 6.45) is -0.158. The summed E-state index contributed by atoms with van der Waals surface area (Å²) >= 11 is 0. The molecule has 0 radical (unpaired) electrons. The summed E-state index contributed by atoms with van der Waals surface area (Å²) in [5.41, 5.74) is 0.220. The smallest absolute Gasteiger partial charge is 0.307 e. The van der Waals surface area contributed by atoms with E-state index in [9.17, 15) is 14.7 Å². The van der Waals surface area contributed by atoms with Gasteiger partial charge in [-0.25, -0.2) is 0 Å². The van der Waals surface area contributed by atoms with Gasteiger partial charge in [-0.2, -0.15) is 0 Å². The van der Waals surface area contributed by atoms with E-state index in [2.05, 4.69) is 0 Å². The molecule has 1 aromatic rings. The van der Waals surface area contributed by atoms with Crippen LogP contribution in [-0.4, -0.2) is 29.3 Å².